The molecule has 0 aromatic rings. The minimum Gasteiger partial charge on any atom is -0.471 e. The molecule has 0 bridgehead atoms. The first-order valence-corrected chi connectivity index (χ1v) is 4.82. The Hall–Kier alpha value is -0.660. The van der Waals surface area contributed by atoms with Crippen molar-refractivity contribution in [2.45, 2.75) is 38.2 Å². The topological polar surface area (TPSA) is 21.3 Å². The summed E-state index contributed by atoms with van der Waals surface area (Å²) in [6, 6.07) is 0. The molecular formula is C10H17NO. The molecule has 2 heteroatoms. The van der Waals surface area contributed by atoms with Crippen molar-refractivity contribution in [2.75, 3.05) is 6.54 Å². The fourth-order valence-corrected chi connectivity index (χ4v) is 2.16. The average Bonchev–Trinajstić information content (AvgIpc) is 2.40. The van der Waals surface area contributed by atoms with Crippen LogP contribution >= 0.6 is 0 Å². The van der Waals surface area contributed by atoms with Crippen LogP contribution in [0.15, 0.2) is 12.5 Å². The van der Waals surface area contributed by atoms with E-state index in [0.717, 1.165) is 18.3 Å². The quantitative estimate of drug-likeness (QED) is 0.596. The van der Waals surface area contributed by atoms with E-state index in [9.17, 15) is 0 Å². The number of nitrogens with one attached hydrogen (secondary N) is 1. The minimum atomic E-state index is 0.115. The lowest BCUT2D eigenvalue weighted by atomic mass is 9.80. The predicted molar refractivity (Wildman–Crippen MR) is 48.6 cm³/mol. The van der Waals surface area contributed by atoms with E-state index < -0.39 is 0 Å². The Labute approximate surface area is 74.0 Å². The van der Waals surface area contributed by atoms with Gasteiger partial charge in [-0.15, -0.1) is 0 Å². The summed E-state index contributed by atoms with van der Waals surface area (Å²) in [5.41, 5.74) is 0.115. The maximum atomic E-state index is 5.73. The fourth-order valence-electron chi connectivity index (χ4n) is 2.16. The zero-order valence-corrected chi connectivity index (χ0v) is 7.73. The zero-order valence-electron chi connectivity index (χ0n) is 7.73. The van der Waals surface area contributed by atoms with Crippen molar-refractivity contribution in [3.05, 3.63) is 12.5 Å². The number of hydrogen-bond acceptors (Lipinski definition) is 2. The van der Waals surface area contributed by atoms with Gasteiger partial charge >= 0.3 is 0 Å². The van der Waals surface area contributed by atoms with E-state index in [0.29, 0.717) is 0 Å². The first kappa shape index (κ1) is 7.96. The highest BCUT2D eigenvalue weighted by atomic mass is 16.5. The van der Waals surface area contributed by atoms with E-state index >= 15 is 0 Å². The third-order valence-electron chi connectivity index (χ3n) is 3.13. The van der Waals surface area contributed by atoms with Gasteiger partial charge in [-0.2, -0.15) is 0 Å². The summed E-state index contributed by atoms with van der Waals surface area (Å²) in [7, 11) is 0. The van der Waals surface area contributed by atoms with E-state index in [2.05, 4.69) is 18.8 Å². The molecule has 1 saturated heterocycles. The standard InChI is InChI=1S/C10H17NO/c1-8-3-5-10(6-4-8)7-11-9(2)12-10/h8,11H,2-7H2,1H3. The maximum absolute atomic E-state index is 5.73. The van der Waals surface area contributed by atoms with Gasteiger partial charge < -0.3 is 10.1 Å². The zero-order chi connectivity index (χ0) is 8.60. The fraction of sp³-hybridized carbons (Fsp3) is 0.800. The molecule has 0 amide bonds. The third-order valence-corrected chi connectivity index (χ3v) is 3.13. The van der Waals surface area contributed by atoms with Gasteiger partial charge in [-0.05, 0) is 38.2 Å². The van der Waals surface area contributed by atoms with Crippen LogP contribution in [0.2, 0.25) is 0 Å². The second kappa shape index (κ2) is 2.68. The summed E-state index contributed by atoms with van der Waals surface area (Å²) in [6.07, 6.45) is 4.99. The van der Waals surface area contributed by atoms with Crippen LogP contribution in [0, 0.1) is 5.92 Å². The summed E-state index contributed by atoms with van der Waals surface area (Å²) >= 11 is 0. The number of hydrogen-bond donors (Lipinski definition) is 1. The number of rotatable bonds is 0. The Morgan fingerprint density at radius 1 is 1.50 bits per heavy atom. The van der Waals surface area contributed by atoms with Crippen LogP contribution in [-0.2, 0) is 4.74 Å². The first-order valence-electron chi connectivity index (χ1n) is 4.82. The van der Waals surface area contributed by atoms with Crippen molar-refractivity contribution in [3.63, 3.8) is 0 Å². The Kier molecular flexibility index (Phi) is 1.78. The lowest BCUT2D eigenvalue weighted by Gasteiger charge is -2.34. The van der Waals surface area contributed by atoms with Crippen molar-refractivity contribution in [1.82, 2.24) is 5.32 Å². The van der Waals surface area contributed by atoms with Gasteiger partial charge in [0.25, 0.3) is 0 Å². The van der Waals surface area contributed by atoms with Crippen molar-refractivity contribution in [1.29, 1.82) is 0 Å². The molecule has 68 valence electrons. The van der Waals surface area contributed by atoms with Crippen LogP contribution in [0.25, 0.3) is 0 Å². The van der Waals surface area contributed by atoms with Crippen LogP contribution in [0.4, 0.5) is 0 Å². The highest BCUT2D eigenvalue weighted by molar-refractivity contribution is 5.01. The van der Waals surface area contributed by atoms with Crippen molar-refractivity contribution >= 4 is 0 Å². The van der Waals surface area contributed by atoms with Gasteiger partial charge in [0.1, 0.15) is 5.60 Å². The van der Waals surface area contributed by atoms with Gasteiger partial charge in [0.15, 0.2) is 5.88 Å². The Morgan fingerprint density at radius 3 is 2.67 bits per heavy atom. The van der Waals surface area contributed by atoms with E-state index in [1.165, 1.54) is 25.7 Å². The van der Waals surface area contributed by atoms with Gasteiger partial charge in [-0.25, -0.2) is 0 Å². The first-order chi connectivity index (χ1) is 5.70. The van der Waals surface area contributed by atoms with Crippen LogP contribution < -0.4 is 5.32 Å². The normalized spacial score (nSPS) is 41.1. The van der Waals surface area contributed by atoms with Crippen molar-refractivity contribution in [2.24, 2.45) is 5.92 Å². The molecule has 1 spiro atoms. The highest BCUT2D eigenvalue weighted by Crippen LogP contribution is 2.37. The lowest BCUT2D eigenvalue weighted by Crippen LogP contribution is -2.37. The van der Waals surface area contributed by atoms with Gasteiger partial charge in [0, 0.05) is 0 Å². The van der Waals surface area contributed by atoms with Crippen LogP contribution in [0.5, 0.6) is 0 Å². The SMILES string of the molecule is C=C1NCC2(CCC(C)CC2)O1. The van der Waals surface area contributed by atoms with Gasteiger partial charge in [0.2, 0.25) is 0 Å². The van der Waals surface area contributed by atoms with Gasteiger partial charge in [-0.1, -0.05) is 6.92 Å². The molecule has 1 heterocycles. The van der Waals surface area contributed by atoms with E-state index in [-0.39, 0.29) is 5.60 Å². The molecule has 0 atom stereocenters. The molecule has 2 nitrogen and oxygen atoms in total. The van der Waals surface area contributed by atoms with E-state index in [4.69, 9.17) is 4.74 Å². The van der Waals surface area contributed by atoms with Gasteiger partial charge in [-0.3, -0.25) is 0 Å². The Balaban J connectivity index is 1.99. The molecule has 2 fully saturated rings. The smallest absolute Gasteiger partial charge is 0.180 e. The molecule has 0 radical (unpaired) electrons. The van der Waals surface area contributed by atoms with Crippen molar-refractivity contribution < 1.29 is 4.74 Å². The number of ether oxygens (including phenoxy) is 1. The molecule has 1 N–H and O–H groups in total. The molecule has 1 aliphatic carbocycles. The molecular weight excluding hydrogens is 150 g/mol. The second-order valence-electron chi connectivity index (χ2n) is 4.24. The summed E-state index contributed by atoms with van der Waals surface area (Å²) in [5, 5.41) is 3.18. The average molecular weight is 167 g/mol. The summed E-state index contributed by atoms with van der Waals surface area (Å²) in [4.78, 5) is 0. The maximum Gasteiger partial charge on any atom is 0.180 e. The molecule has 2 aliphatic rings. The molecule has 1 aliphatic heterocycles. The van der Waals surface area contributed by atoms with Crippen LogP contribution in [-0.4, -0.2) is 12.1 Å². The Morgan fingerprint density at radius 2 is 2.17 bits per heavy atom. The van der Waals surface area contributed by atoms with Crippen LogP contribution in [0.1, 0.15) is 32.6 Å². The van der Waals surface area contributed by atoms with Crippen molar-refractivity contribution in [3.8, 4) is 0 Å². The lowest BCUT2D eigenvalue weighted by molar-refractivity contribution is 0.00509. The van der Waals surface area contributed by atoms with Crippen LogP contribution in [0.3, 0.4) is 0 Å². The van der Waals surface area contributed by atoms with E-state index in [1.54, 1.807) is 0 Å². The second-order valence-corrected chi connectivity index (χ2v) is 4.24. The summed E-state index contributed by atoms with van der Waals surface area (Å²) < 4.78 is 5.73. The molecule has 0 unspecified atom stereocenters. The third kappa shape index (κ3) is 1.30. The summed E-state index contributed by atoms with van der Waals surface area (Å²) in [5.74, 6) is 1.65. The molecule has 0 aromatic carbocycles. The van der Waals surface area contributed by atoms with Gasteiger partial charge in [0.05, 0.1) is 6.54 Å². The minimum absolute atomic E-state index is 0.115. The summed E-state index contributed by atoms with van der Waals surface area (Å²) in [6.45, 7) is 7.08. The largest absolute Gasteiger partial charge is 0.471 e. The predicted octanol–water partition coefficient (Wildman–Crippen LogP) is 2.03. The molecule has 2 rings (SSSR count). The van der Waals surface area contributed by atoms with E-state index in [1.807, 2.05) is 0 Å². The Bertz CT molecular complexity index is 192. The highest BCUT2D eigenvalue weighted by Gasteiger charge is 2.40. The molecule has 1 saturated carbocycles. The molecule has 0 aromatic heterocycles. The molecule has 12 heavy (non-hydrogen) atoms. The monoisotopic (exact) mass is 167 g/mol.